The molecular formula is C15H20N2O3. The van der Waals surface area contributed by atoms with E-state index in [0.717, 1.165) is 0 Å². The van der Waals surface area contributed by atoms with E-state index in [9.17, 15) is 9.90 Å². The van der Waals surface area contributed by atoms with Crippen LogP contribution in [0.2, 0.25) is 0 Å². The van der Waals surface area contributed by atoms with Gasteiger partial charge < -0.3 is 9.84 Å². The Morgan fingerprint density at radius 1 is 1.35 bits per heavy atom. The van der Waals surface area contributed by atoms with Crippen molar-refractivity contribution in [3.05, 3.63) is 34.9 Å². The van der Waals surface area contributed by atoms with E-state index in [1.165, 1.54) is 10.9 Å². The van der Waals surface area contributed by atoms with Crippen molar-refractivity contribution in [2.75, 3.05) is 7.11 Å². The Hall–Kier alpha value is -1.88. The second kappa shape index (κ2) is 5.63. The van der Waals surface area contributed by atoms with Crippen LogP contribution >= 0.6 is 0 Å². The van der Waals surface area contributed by atoms with Crippen LogP contribution in [0.4, 0.5) is 0 Å². The average molecular weight is 276 g/mol. The highest BCUT2D eigenvalue weighted by Crippen LogP contribution is 2.18. The lowest BCUT2D eigenvalue weighted by atomic mass is 9.97. The molecule has 1 aromatic carbocycles. The molecule has 0 aliphatic heterocycles. The molecule has 0 saturated heterocycles. The molecule has 0 aliphatic carbocycles. The van der Waals surface area contributed by atoms with Crippen LogP contribution in [0.1, 0.15) is 26.7 Å². The summed E-state index contributed by atoms with van der Waals surface area (Å²) in [4.78, 5) is 16.7. The van der Waals surface area contributed by atoms with Crippen LogP contribution in [0.15, 0.2) is 29.3 Å². The van der Waals surface area contributed by atoms with Gasteiger partial charge in [0.1, 0.15) is 5.75 Å². The molecule has 108 valence electrons. The second-order valence-electron chi connectivity index (χ2n) is 4.99. The Balaban J connectivity index is 2.47. The SMILES string of the molecule is CCC(O)(CC)Cn1cnc2cc(OC)ccc2c1=O. The number of aliphatic hydroxyl groups is 1. The Labute approximate surface area is 117 Å². The minimum Gasteiger partial charge on any atom is -0.497 e. The normalized spacial score (nSPS) is 11.8. The van der Waals surface area contributed by atoms with E-state index < -0.39 is 5.60 Å². The Bertz CT molecular complexity index is 660. The lowest BCUT2D eigenvalue weighted by molar-refractivity contribution is 0.0140. The van der Waals surface area contributed by atoms with Gasteiger partial charge in [0.15, 0.2) is 0 Å². The summed E-state index contributed by atoms with van der Waals surface area (Å²) in [6.45, 7) is 4.08. The molecule has 0 unspecified atom stereocenters. The van der Waals surface area contributed by atoms with Gasteiger partial charge in [-0.25, -0.2) is 4.98 Å². The van der Waals surface area contributed by atoms with Crippen molar-refractivity contribution in [1.29, 1.82) is 0 Å². The van der Waals surface area contributed by atoms with Gasteiger partial charge >= 0.3 is 0 Å². The van der Waals surface area contributed by atoms with Gasteiger partial charge in [-0.05, 0) is 25.0 Å². The summed E-state index contributed by atoms with van der Waals surface area (Å²) >= 11 is 0. The molecule has 0 saturated carbocycles. The van der Waals surface area contributed by atoms with Gasteiger partial charge in [0.25, 0.3) is 5.56 Å². The first-order chi connectivity index (χ1) is 9.53. The first kappa shape index (κ1) is 14.5. The summed E-state index contributed by atoms with van der Waals surface area (Å²) in [6, 6.07) is 5.17. The maximum atomic E-state index is 12.4. The number of rotatable bonds is 5. The maximum absolute atomic E-state index is 12.4. The first-order valence-electron chi connectivity index (χ1n) is 6.78. The molecule has 0 atom stereocenters. The van der Waals surface area contributed by atoms with Gasteiger partial charge in [-0.3, -0.25) is 9.36 Å². The molecule has 0 spiro atoms. The molecule has 1 aromatic heterocycles. The Morgan fingerprint density at radius 3 is 2.65 bits per heavy atom. The van der Waals surface area contributed by atoms with E-state index in [-0.39, 0.29) is 12.1 Å². The lowest BCUT2D eigenvalue weighted by Crippen LogP contribution is -2.37. The van der Waals surface area contributed by atoms with Crippen LogP contribution in [-0.4, -0.2) is 27.4 Å². The maximum Gasteiger partial charge on any atom is 0.261 e. The van der Waals surface area contributed by atoms with Crippen molar-refractivity contribution in [2.45, 2.75) is 38.8 Å². The van der Waals surface area contributed by atoms with Gasteiger partial charge in [-0.1, -0.05) is 13.8 Å². The van der Waals surface area contributed by atoms with E-state index in [1.807, 2.05) is 13.8 Å². The number of hydrogen-bond donors (Lipinski definition) is 1. The Morgan fingerprint density at radius 2 is 2.05 bits per heavy atom. The number of ether oxygens (including phenoxy) is 1. The molecule has 0 fully saturated rings. The van der Waals surface area contributed by atoms with Gasteiger partial charge in [-0.15, -0.1) is 0 Å². The van der Waals surface area contributed by atoms with Crippen LogP contribution in [0.3, 0.4) is 0 Å². The summed E-state index contributed by atoms with van der Waals surface area (Å²) in [5.41, 5.74) is -0.411. The number of hydrogen-bond acceptors (Lipinski definition) is 4. The third-order valence-corrected chi connectivity index (χ3v) is 3.81. The van der Waals surface area contributed by atoms with E-state index in [0.29, 0.717) is 29.5 Å². The Kier molecular flexibility index (Phi) is 4.09. The van der Waals surface area contributed by atoms with Gasteiger partial charge in [-0.2, -0.15) is 0 Å². The molecule has 0 radical (unpaired) electrons. The summed E-state index contributed by atoms with van der Waals surface area (Å²) in [5.74, 6) is 0.667. The first-order valence-corrected chi connectivity index (χ1v) is 6.78. The monoisotopic (exact) mass is 276 g/mol. The van der Waals surface area contributed by atoms with Crippen molar-refractivity contribution >= 4 is 10.9 Å². The van der Waals surface area contributed by atoms with Crippen molar-refractivity contribution in [1.82, 2.24) is 9.55 Å². The summed E-state index contributed by atoms with van der Waals surface area (Å²) in [6.07, 6.45) is 2.67. The average Bonchev–Trinajstić information content (AvgIpc) is 2.49. The largest absolute Gasteiger partial charge is 0.497 e. The second-order valence-corrected chi connectivity index (χ2v) is 4.99. The number of fused-ring (bicyclic) bond motifs is 1. The minimum absolute atomic E-state index is 0.141. The van der Waals surface area contributed by atoms with Gasteiger partial charge in [0.2, 0.25) is 0 Å². The molecule has 0 bridgehead atoms. The van der Waals surface area contributed by atoms with Gasteiger partial charge in [0, 0.05) is 6.07 Å². The fourth-order valence-corrected chi connectivity index (χ4v) is 2.17. The molecule has 5 heteroatoms. The molecule has 5 nitrogen and oxygen atoms in total. The smallest absolute Gasteiger partial charge is 0.261 e. The molecule has 1 heterocycles. The minimum atomic E-state index is -0.869. The number of benzene rings is 1. The zero-order valence-corrected chi connectivity index (χ0v) is 12.1. The summed E-state index contributed by atoms with van der Waals surface area (Å²) in [7, 11) is 1.57. The predicted molar refractivity (Wildman–Crippen MR) is 78.1 cm³/mol. The topological polar surface area (TPSA) is 64.3 Å². The summed E-state index contributed by atoms with van der Waals surface area (Å²) in [5, 5.41) is 10.9. The fourth-order valence-electron chi connectivity index (χ4n) is 2.17. The highest BCUT2D eigenvalue weighted by atomic mass is 16.5. The highest BCUT2D eigenvalue weighted by Gasteiger charge is 2.23. The van der Waals surface area contributed by atoms with Crippen LogP contribution in [-0.2, 0) is 6.54 Å². The standard InChI is InChI=1S/C15H20N2O3/c1-4-15(19,5-2)9-17-10-16-13-8-11(20-3)6-7-12(13)14(17)18/h6-8,10,19H,4-5,9H2,1-3H3. The lowest BCUT2D eigenvalue weighted by Gasteiger charge is -2.25. The molecule has 20 heavy (non-hydrogen) atoms. The van der Waals surface area contributed by atoms with E-state index in [4.69, 9.17) is 4.74 Å². The molecule has 0 aliphatic rings. The van der Waals surface area contributed by atoms with Crippen LogP contribution in [0, 0.1) is 0 Å². The van der Waals surface area contributed by atoms with Crippen molar-refractivity contribution < 1.29 is 9.84 Å². The molecular weight excluding hydrogens is 256 g/mol. The van der Waals surface area contributed by atoms with E-state index in [2.05, 4.69) is 4.98 Å². The fraction of sp³-hybridized carbons (Fsp3) is 0.467. The summed E-state index contributed by atoms with van der Waals surface area (Å²) < 4.78 is 6.59. The van der Waals surface area contributed by atoms with E-state index >= 15 is 0 Å². The zero-order valence-electron chi connectivity index (χ0n) is 12.1. The molecule has 2 aromatic rings. The van der Waals surface area contributed by atoms with Gasteiger partial charge in [0.05, 0.1) is 36.5 Å². The molecule has 0 amide bonds. The zero-order chi connectivity index (χ0) is 14.8. The third kappa shape index (κ3) is 2.67. The number of nitrogens with zero attached hydrogens (tertiary/aromatic N) is 2. The van der Waals surface area contributed by atoms with Crippen LogP contribution < -0.4 is 10.3 Å². The van der Waals surface area contributed by atoms with Crippen LogP contribution in [0.25, 0.3) is 10.9 Å². The van der Waals surface area contributed by atoms with Crippen LogP contribution in [0.5, 0.6) is 5.75 Å². The quantitative estimate of drug-likeness (QED) is 0.906. The molecule has 1 N–H and O–H groups in total. The number of aromatic nitrogens is 2. The van der Waals surface area contributed by atoms with E-state index in [1.54, 1.807) is 25.3 Å². The highest BCUT2D eigenvalue weighted by molar-refractivity contribution is 5.78. The predicted octanol–water partition coefficient (Wildman–Crippen LogP) is 1.96. The van der Waals surface area contributed by atoms with Crippen molar-refractivity contribution in [2.24, 2.45) is 0 Å². The van der Waals surface area contributed by atoms with Crippen molar-refractivity contribution in [3.8, 4) is 5.75 Å². The molecule has 2 rings (SSSR count). The third-order valence-electron chi connectivity index (χ3n) is 3.81. The van der Waals surface area contributed by atoms with Crippen molar-refractivity contribution in [3.63, 3.8) is 0 Å². The number of methoxy groups -OCH3 is 1.